The zero-order chi connectivity index (χ0) is 8.84. The number of hydrogen-bond donors (Lipinski definition) is 0. The van der Waals surface area contributed by atoms with Crippen molar-refractivity contribution in [1.29, 1.82) is 0 Å². The van der Waals surface area contributed by atoms with Crippen LogP contribution in [-0.4, -0.2) is 0 Å². The number of fused-ring (bicyclic) bond motifs is 3. The summed E-state index contributed by atoms with van der Waals surface area (Å²) in [5.41, 5.74) is 0.971. The minimum Gasteiger partial charge on any atom is -0.616 e. The fourth-order valence-corrected chi connectivity index (χ4v) is 1.47. The van der Waals surface area contributed by atoms with Crippen LogP contribution in [0, 0.1) is 5.21 Å². The number of furan rings is 2. The molecule has 3 rings (SSSR count). The van der Waals surface area contributed by atoms with Crippen molar-refractivity contribution < 1.29 is 13.6 Å². The Morgan fingerprint density at radius 3 is 2.92 bits per heavy atom. The van der Waals surface area contributed by atoms with E-state index in [0.717, 1.165) is 5.39 Å². The van der Waals surface area contributed by atoms with Gasteiger partial charge in [-0.05, 0) is 12.1 Å². The summed E-state index contributed by atoms with van der Waals surface area (Å²) in [6, 6.07) is 3.46. The summed E-state index contributed by atoms with van der Waals surface area (Å²) >= 11 is 0. The molecular formula is C9H5NO3. The van der Waals surface area contributed by atoms with Crippen molar-refractivity contribution in [1.82, 2.24) is 0 Å². The van der Waals surface area contributed by atoms with E-state index in [0.29, 0.717) is 15.7 Å². The smallest absolute Gasteiger partial charge is 0.395 e. The zero-order valence-electron chi connectivity index (χ0n) is 6.56. The fraction of sp³-hybridized carbons (Fsp3) is 0. The minimum absolute atomic E-state index is 0.280. The zero-order valence-corrected chi connectivity index (χ0v) is 6.56. The van der Waals surface area contributed by atoms with Crippen LogP contribution in [0.15, 0.2) is 39.7 Å². The van der Waals surface area contributed by atoms with E-state index < -0.39 is 0 Å². The topological polar surface area (TPSA) is 53.2 Å². The first kappa shape index (κ1) is 6.54. The van der Waals surface area contributed by atoms with Crippen LogP contribution in [0.1, 0.15) is 0 Å². The van der Waals surface area contributed by atoms with Crippen molar-refractivity contribution in [2.24, 2.45) is 0 Å². The third-order valence-corrected chi connectivity index (χ3v) is 2.04. The molecule has 3 aromatic heterocycles. The van der Waals surface area contributed by atoms with Gasteiger partial charge in [0.25, 0.3) is 0 Å². The number of aromatic nitrogens is 1. The highest BCUT2D eigenvalue weighted by Crippen LogP contribution is 2.23. The van der Waals surface area contributed by atoms with Gasteiger partial charge in [0.2, 0.25) is 0 Å². The predicted molar refractivity (Wildman–Crippen MR) is 44.9 cm³/mol. The molecule has 3 aromatic rings. The summed E-state index contributed by atoms with van der Waals surface area (Å²) in [5.74, 6) is 0. The van der Waals surface area contributed by atoms with Crippen molar-refractivity contribution in [2.45, 2.75) is 0 Å². The van der Waals surface area contributed by atoms with Gasteiger partial charge in [0, 0.05) is 0 Å². The number of hydrogen-bond acceptors (Lipinski definition) is 3. The fourth-order valence-electron chi connectivity index (χ4n) is 1.47. The summed E-state index contributed by atoms with van der Waals surface area (Å²) < 4.78 is 11.0. The van der Waals surface area contributed by atoms with Gasteiger partial charge in [-0.15, -0.1) is 4.73 Å². The summed E-state index contributed by atoms with van der Waals surface area (Å²) in [4.78, 5) is 0. The van der Waals surface area contributed by atoms with Gasteiger partial charge in [-0.2, -0.15) is 0 Å². The van der Waals surface area contributed by atoms with E-state index in [1.807, 2.05) is 0 Å². The first-order valence-corrected chi connectivity index (χ1v) is 3.83. The van der Waals surface area contributed by atoms with Crippen LogP contribution in [0.3, 0.4) is 0 Å². The van der Waals surface area contributed by atoms with Gasteiger partial charge in [0.15, 0.2) is 11.8 Å². The third-order valence-electron chi connectivity index (χ3n) is 2.04. The lowest BCUT2D eigenvalue weighted by molar-refractivity contribution is -0.583. The molecule has 64 valence electrons. The van der Waals surface area contributed by atoms with E-state index in [1.54, 1.807) is 18.4 Å². The second kappa shape index (κ2) is 2.04. The highest BCUT2D eigenvalue weighted by Gasteiger charge is 2.14. The molecular weight excluding hydrogens is 170 g/mol. The molecule has 3 heterocycles. The lowest BCUT2D eigenvalue weighted by Crippen LogP contribution is -2.25. The Morgan fingerprint density at radius 2 is 2.00 bits per heavy atom. The number of nitrogens with zero attached hydrogens (tertiary/aromatic N) is 1. The first-order chi connectivity index (χ1) is 6.36. The highest BCUT2D eigenvalue weighted by atomic mass is 16.5. The molecule has 0 N–H and O–H groups in total. The molecule has 0 saturated carbocycles. The Kier molecular flexibility index (Phi) is 1.02. The van der Waals surface area contributed by atoms with E-state index in [1.165, 1.54) is 12.5 Å². The standard InChI is InChI=1S/C9H5NO3/c11-10-5-6-1-3-12-8(6)7-2-4-13-9(7)10/h1-5H. The highest BCUT2D eigenvalue weighted by molar-refractivity contribution is 5.98. The molecule has 0 spiro atoms. The third kappa shape index (κ3) is 0.717. The predicted octanol–water partition coefficient (Wildman–Crippen LogP) is 1.81. The molecule has 4 nitrogen and oxygen atoms in total. The van der Waals surface area contributed by atoms with Crippen LogP contribution in [0.4, 0.5) is 0 Å². The van der Waals surface area contributed by atoms with Gasteiger partial charge < -0.3 is 14.0 Å². The molecule has 0 aliphatic carbocycles. The summed E-state index contributed by atoms with van der Waals surface area (Å²) in [7, 11) is 0. The van der Waals surface area contributed by atoms with Crippen molar-refractivity contribution in [2.75, 3.05) is 0 Å². The molecule has 0 amide bonds. The van der Waals surface area contributed by atoms with Crippen LogP contribution < -0.4 is 4.73 Å². The molecule has 0 atom stereocenters. The van der Waals surface area contributed by atoms with Crippen molar-refractivity contribution in [3.05, 3.63) is 36.1 Å². The minimum atomic E-state index is 0.280. The molecule has 13 heavy (non-hydrogen) atoms. The molecule has 0 aromatic carbocycles. The van der Waals surface area contributed by atoms with E-state index in [9.17, 15) is 5.21 Å². The van der Waals surface area contributed by atoms with Crippen molar-refractivity contribution in [3.8, 4) is 0 Å². The molecule has 0 fully saturated rings. The molecule has 0 aliphatic heterocycles. The normalized spacial score (nSPS) is 11.4. The molecule has 4 heteroatoms. The van der Waals surface area contributed by atoms with Crippen LogP contribution in [0.25, 0.3) is 22.1 Å². The quantitative estimate of drug-likeness (QED) is 0.386. The van der Waals surface area contributed by atoms with E-state index >= 15 is 0 Å². The second-order valence-electron chi connectivity index (χ2n) is 2.80. The SMILES string of the molecule is [O-][n+]1cc2ccoc2c2ccoc21. The molecule has 0 aliphatic rings. The van der Waals surface area contributed by atoms with E-state index in [4.69, 9.17) is 8.83 Å². The second-order valence-corrected chi connectivity index (χ2v) is 2.80. The van der Waals surface area contributed by atoms with Crippen molar-refractivity contribution >= 4 is 22.1 Å². The molecule has 0 saturated heterocycles. The van der Waals surface area contributed by atoms with Gasteiger partial charge in [-0.1, -0.05) is 0 Å². The number of rotatable bonds is 0. The lowest BCUT2D eigenvalue weighted by atomic mass is 10.3. The number of pyridine rings is 1. The van der Waals surface area contributed by atoms with Gasteiger partial charge in [-0.25, -0.2) is 0 Å². The Hall–Kier alpha value is -1.97. The summed E-state index contributed by atoms with van der Waals surface area (Å²) in [6.07, 6.45) is 4.46. The lowest BCUT2D eigenvalue weighted by Gasteiger charge is -1.94. The average molecular weight is 175 g/mol. The van der Waals surface area contributed by atoms with Gasteiger partial charge in [-0.3, -0.25) is 0 Å². The summed E-state index contributed by atoms with van der Waals surface area (Å²) in [6.45, 7) is 0. The molecule has 0 unspecified atom stereocenters. The van der Waals surface area contributed by atoms with Gasteiger partial charge in [0.05, 0.1) is 17.9 Å². The van der Waals surface area contributed by atoms with Gasteiger partial charge in [0.1, 0.15) is 5.39 Å². The monoisotopic (exact) mass is 175 g/mol. The maximum absolute atomic E-state index is 11.3. The average Bonchev–Trinajstić information content (AvgIpc) is 2.66. The maximum Gasteiger partial charge on any atom is 0.395 e. The van der Waals surface area contributed by atoms with Crippen molar-refractivity contribution in [3.63, 3.8) is 0 Å². The van der Waals surface area contributed by atoms with Crippen LogP contribution in [-0.2, 0) is 0 Å². The van der Waals surface area contributed by atoms with Gasteiger partial charge >= 0.3 is 5.71 Å². The Labute approximate surface area is 72.6 Å². The Bertz CT molecular complexity index is 579. The van der Waals surface area contributed by atoms with Crippen LogP contribution in [0.2, 0.25) is 0 Å². The van der Waals surface area contributed by atoms with E-state index in [2.05, 4.69) is 0 Å². The molecule has 0 bridgehead atoms. The first-order valence-electron chi connectivity index (χ1n) is 3.83. The van der Waals surface area contributed by atoms with Crippen LogP contribution >= 0.6 is 0 Å². The van der Waals surface area contributed by atoms with Crippen LogP contribution in [0.5, 0.6) is 0 Å². The largest absolute Gasteiger partial charge is 0.616 e. The van der Waals surface area contributed by atoms with E-state index in [-0.39, 0.29) is 5.71 Å². The molecule has 0 radical (unpaired) electrons. The Balaban J connectivity index is 2.70. The Morgan fingerprint density at radius 1 is 1.15 bits per heavy atom. The maximum atomic E-state index is 11.3. The summed E-state index contributed by atoms with van der Waals surface area (Å²) in [5, 5.41) is 12.8.